The van der Waals surface area contributed by atoms with Crippen LogP contribution < -0.4 is 5.73 Å². The smallest absolute Gasteiger partial charge is 0.155 e. The second kappa shape index (κ2) is 3.82. The molecule has 0 bridgehead atoms. The van der Waals surface area contributed by atoms with Gasteiger partial charge in [-0.25, -0.2) is 12.8 Å². The Morgan fingerprint density at radius 2 is 1.88 bits per heavy atom. The summed E-state index contributed by atoms with van der Waals surface area (Å²) in [6.45, 7) is 1.61. The normalized spacial score (nSPS) is 29.1. The molecule has 1 fully saturated rings. The van der Waals surface area contributed by atoms with Crippen LogP contribution in [-0.4, -0.2) is 25.5 Å². The van der Waals surface area contributed by atoms with Crippen molar-refractivity contribution in [2.75, 3.05) is 5.75 Å². The third kappa shape index (κ3) is 1.85. The minimum atomic E-state index is -3.10. The summed E-state index contributed by atoms with van der Waals surface area (Å²) < 4.78 is 36.1. The highest BCUT2D eigenvalue weighted by atomic mass is 32.2. The van der Waals surface area contributed by atoms with Gasteiger partial charge < -0.3 is 5.73 Å². The molecule has 2 rings (SSSR count). The van der Waals surface area contributed by atoms with Crippen LogP contribution in [-0.2, 0) is 9.84 Å². The molecule has 0 heterocycles. The Kier molecular flexibility index (Phi) is 2.75. The highest BCUT2D eigenvalue weighted by Gasteiger charge is 2.55. The van der Waals surface area contributed by atoms with Crippen LogP contribution in [0.5, 0.6) is 0 Å². The molecule has 2 N–H and O–H groups in total. The summed E-state index contributed by atoms with van der Waals surface area (Å²) in [5.74, 6) is -0.401. The van der Waals surface area contributed by atoms with Crippen LogP contribution in [0.2, 0.25) is 0 Å². The minimum Gasteiger partial charge on any atom is -0.326 e. The SMILES string of the molecule is CCS(=O)(=O)[C@@H]1[C@H](N)[C@H]1c1ccc(F)cc1. The molecule has 0 aliphatic heterocycles. The van der Waals surface area contributed by atoms with E-state index in [2.05, 4.69) is 0 Å². The van der Waals surface area contributed by atoms with Crippen molar-refractivity contribution in [1.29, 1.82) is 0 Å². The molecule has 0 aromatic heterocycles. The molecule has 1 saturated carbocycles. The average Bonchev–Trinajstić information content (AvgIpc) is 2.92. The van der Waals surface area contributed by atoms with E-state index in [9.17, 15) is 12.8 Å². The van der Waals surface area contributed by atoms with E-state index in [0.29, 0.717) is 0 Å². The van der Waals surface area contributed by atoms with Gasteiger partial charge in [0.1, 0.15) is 5.82 Å². The van der Waals surface area contributed by atoms with Gasteiger partial charge in [-0.3, -0.25) is 0 Å². The van der Waals surface area contributed by atoms with Crippen LogP contribution in [0, 0.1) is 5.82 Å². The van der Waals surface area contributed by atoms with Crippen LogP contribution in [0.25, 0.3) is 0 Å². The second-order valence-corrected chi connectivity index (χ2v) is 6.52. The van der Waals surface area contributed by atoms with Gasteiger partial charge in [0.25, 0.3) is 0 Å². The van der Waals surface area contributed by atoms with E-state index in [1.165, 1.54) is 12.1 Å². The van der Waals surface area contributed by atoms with Crippen molar-refractivity contribution in [3.8, 4) is 0 Å². The van der Waals surface area contributed by atoms with Gasteiger partial charge in [0.15, 0.2) is 9.84 Å². The second-order valence-electron chi connectivity index (χ2n) is 4.07. The van der Waals surface area contributed by atoms with Crippen molar-refractivity contribution in [2.24, 2.45) is 5.73 Å². The van der Waals surface area contributed by atoms with Crippen molar-refractivity contribution in [3.05, 3.63) is 35.6 Å². The Bertz CT molecular complexity index is 483. The van der Waals surface area contributed by atoms with Crippen LogP contribution in [0.1, 0.15) is 18.4 Å². The predicted molar refractivity (Wildman–Crippen MR) is 60.4 cm³/mol. The summed E-state index contributed by atoms with van der Waals surface area (Å²) in [4.78, 5) is 0. The number of nitrogens with two attached hydrogens (primary N) is 1. The van der Waals surface area contributed by atoms with E-state index in [0.717, 1.165) is 5.56 Å². The van der Waals surface area contributed by atoms with Crippen LogP contribution >= 0.6 is 0 Å². The number of sulfone groups is 1. The van der Waals surface area contributed by atoms with Crippen molar-refractivity contribution >= 4 is 9.84 Å². The van der Waals surface area contributed by atoms with E-state index in [1.54, 1.807) is 19.1 Å². The Morgan fingerprint density at radius 1 is 1.31 bits per heavy atom. The molecule has 1 aromatic rings. The maximum Gasteiger partial charge on any atom is 0.155 e. The fraction of sp³-hybridized carbons (Fsp3) is 0.455. The lowest BCUT2D eigenvalue weighted by molar-refractivity contribution is 0.594. The monoisotopic (exact) mass is 243 g/mol. The van der Waals surface area contributed by atoms with Gasteiger partial charge in [0.2, 0.25) is 0 Å². The van der Waals surface area contributed by atoms with Gasteiger partial charge >= 0.3 is 0 Å². The summed E-state index contributed by atoms with van der Waals surface area (Å²) in [5.41, 5.74) is 6.57. The molecule has 16 heavy (non-hydrogen) atoms. The molecule has 1 aromatic carbocycles. The first-order valence-electron chi connectivity index (χ1n) is 5.20. The Hall–Kier alpha value is -0.940. The zero-order valence-corrected chi connectivity index (χ0v) is 9.75. The molecule has 0 unspecified atom stereocenters. The summed E-state index contributed by atoms with van der Waals surface area (Å²) in [5, 5.41) is -0.497. The quantitative estimate of drug-likeness (QED) is 0.863. The third-order valence-electron chi connectivity index (χ3n) is 3.08. The van der Waals surface area contributed by atoms with Crippen molar-refractivity contribution < 1.29 is 12.8 Å². The zero-order valence-electron chi connectivity index (χ0n) is 8.93. The molecule has 0 spiro atoms. The summed E-state index contributed by atoms with van der Waals surface area (Å²) in [7, 11) is -3.10. The van der Waals surface area contributed by atoms with Gasteiger partial charge in [-0.2, -0.15) is 0 Å². The fourth-order valence-corrected chi connectivity index (χ4v) is 3.79. The lowest BCUT2D eigenvalue weighted by Crippen LogP contribution is -2.17. The van der Waals surface area contributed by atoms with E-state index in [1.807, 2.05) is 0 Å². The summed E-state index contributed by atoms with van der Waals surface area (Å²) >= 11 is 0. The lowest BCUT2D eigenvalue weighted by atomic mass is 10.1. The molecule has 3 nitrogen and oxygen atoms in total. The first kappa shape index (κ1) is 11.5. The molecule has 0 saturated heterocycles. The summed E-state index contributed by atoms with van der Waals surface area (Å²) in [6.07, 6.45) is 0. The standard InChI is InChI=1S/C11H14FNO2S/c1-2-16(14,15)11-9(10(11)13)7-3-5-8(12)6-4-7/h3-6,9-11H,2,13H2,1H3/t9-,10-,11+/m1/s1. The van der Waals surface area contributed by atoms with Gasteiger partial charge in [-0.1, -0.05) is 19.1 Å². The van der Waals surface area contributed by atoms with Crippen molar-refractivity contribution in [2.45, 2.75) is 24.1 Å². The third-order valence-corrected chi connectivity index (χ3v) is 5.32. The van der Waals surface area contributed by atoms with Gasteiger partial charge in [-0.05, 0) is 17.7 Å². The zero-order chi connectivity index (χ0) is 11.9. The maximum atomic E-state index is 12.7. The van der Waals surface area contributed by atoms with Crippen LogP contribution in [0.3, 0.4) is 0 Å². The molecule has 0 amide bonds. The molecule has 0 radical (unpaired) electrons. The summed E-state index contributed by atoms with van der Waals surface area (Å²) in [6, 6.07) is 5.51. The molecular weight excluding hydrogens is 229 g/mol. The minimum absolute atomic E-state index is 0.100. The largest absolute Gasteiger partial charge is 0.326 e. The number of halogens is 1. The average molecular weight is 243 g/mol. The van der Waals surface area contributed by atoms with E-state index in [-0.39, 0.29) is 23.5 Å². The van der Waals surface area contributed by atoms with E-state index >= 15 is 0 Å². The van der Waals surface area contributed by atoms with Crippen molar-refractivity contribution in [1.82, 2.24) is 0 Å². The molecule has 88 valence electrons. The number of hydrogen-bond donors (Lipinski definition) is 1. The molecule has 3 atom stereocenters. The maximum absolute atomic E-state index is 12.7. The number of hydrogen-bond acceptors (Lipinski definition) is 3. The Morgan fingerprint density at radius 3 is 2.38 bits per heavy atom. The molecule has 1 aliphatic rings. The topological polar surface area (TPSA) is 60.2 Å². The van der Waals surface area contributed by atoms with Gasteiger partial charge in [0.05, 0.1) is 5.25 Å². The Balaban J connectivity index is 2.24. The van der Waals surface area contributed by atoms with Crippen LogP contribution in [0.4, 0.5) is 4.39 Å². The highest BCUT2D eigenvalue weighted by Crippen LogP contribution is 2.44. The number of benzene rings is 1. The van der Waals surface area contributed by atoms with E-state index < -0.39 is 15.1 Å². The Labute approximate surface area is 94.4 Å². The first-order valence-corrected chi connectivity index (χ1v) is 6.91. The van der Waals surface area contributed by atoms with Gasteiger partial charge in [0, 0.05) is 17.7 Å². The lowest BCUT2D eigenvalue weighted by Gasteiger charge is -2.00. The highest BCUT2D eigenvalue weighted by molar-refractivity contribution is 7.92. The van der Waals surface area contributed by atoms with Gasteiger partial charge in [-0.15, -0.1) is 0 Å². The molecule has 5 heteroatoms. The predicted octanol–water partition coefficient (Wildman–Crippen LogP) is 1.05. The molecular formula is C11H14FNO2S. The van der Waals surface area contributed by atoms with E-state index in [4.69, 9.17) is 5.73 Å². The van der Waals surface area contributed by atoms with Crippen molar-refractivity contribution in [3.63, 3.8) is 0 Å². The van der Waals surface area contributed by atoms with Crippen LogP contribution in [0.15, 0.2) is 24.3 Å². The fourth-order valence-electron chi connectivity index (χ4n) is 2.06. The first-order chi connectivity index (χ1) is 7.47. The number of rotatable bonds is 3. The molecule has 1 aliphatic carbocycles.